The Morgan fingerprint density at radius 1 is 1.39 bits per heavy atom. The van der Waals surface area contributed by atoms with Gasteiger partial charge < -0.3 is 16.2 Å². The van der Waals surface area contributed by atoms with E-state index in [1.54, 1.807) is 0 Å². The lowest BCUT2D eigenvalue weighted by molar-refractivity contribution is -0.148. The normalized spacial score (nSPS) is 17.6. The molecule has 1 heterocycles. The molecular weight excluding hydrogens is 240 g/mol. The first-order chi connectivity index (χ1) is 8.55. The predicted octanol–water partition coefficient (Wildman–Crippen LogP) is 0.0266. The third-order valence-electron chi connectivity index (χ3n) is 3.33. The highest BCUT2D eigenvalue weighted by atomic mass is 16.6. The van der Waals surface area contributed by atoms with Crippen LogP contribution in [-0.2, 0) is 4.79 Å². The lowest BCUT2D eigenvalue weighted by Crippen LogP contribution is -2.41. The summed E-state index contributed by atoms with van der Waals surface area (Å²) in [6.07, 6.45) is 2.84. The van der Waals surface area contributed by atoms with Gasteiger partial charge in [-0.3, -0.25) is 9.59 Å². The number of nitrogens with zero attached hydrogens (tertiary/aromatic N) is 2. The van der Waals surface area contributed by atoms with Gasteiger partial charge in [-0.15, -0.1) is 0 Å². The maximum absolute atomic E-state index is 11.7. The van der Waals surface area contributed by atoms with Crippen molar-refractivity contribution in [3.8, 4) is 0 Å². The number of aliphatic carboxylic acids is 1. The van der Waals surface area contributed by atoms with Crippen molar-refractivity contribution < 1.29 is 19.3 Å². The Kier molecular flexibility index (Phi) is 3.17. The minimum absolute atomic E-state index is 0.0630. The van der Waals surface area contributed by atoms with E-state index in [1.165, 1.54) is 0 Å². The molecule has 0 aromatic carbocycles. The lowest BCUT2D eigenvalue weighted by Gasteiger charge is -2.23. The molecule has 2 rings (SSSR count). The van der Waals surface area contributed by atoms with Crippen LogP contribution in [0, 0.1) is 5.41 Å². The minimum atomic E-state index is -0.883. The Labute approximate surface area is 102 Å². The van der Waals surface area contributed by atoms with E-state index in [1.807, 2.05) is 0 Å². The van der Waals surface area contributed by atoms with Gasteiger partial charge in [-0.05, 0) is 23.2 Å². The second kappa shape index (κ2) is 4.63. The van der Waals surface area contributed by atoms with Gasteiger partial charge >= 0.3 is 5.97 Å². The fourth-order valence-corrected chi connectivity index (χ4v) is 2.20. The Morgan fingerprint density at radius 3 is 2.56 bits per heavy atom. The number of carbonyl (C=O) groups excluding carboxylic acids is 1. The molecule has 4 N–H and O–H groups in total. The number of rotatable bonds is 4. The molecule has 8 nitrogen and oxygen atoms in total. The van der Waals surface area contributed by atoms with Crippen LogP contribution in [0.3, 0.4) is 0 Å². The van der Waals surface area contributed by atoms with Crippen molar-refractivity contribution >= 4 is 17.7 Å². The van der Waals surface area contributed by atoms with Crippen molar-refractivity contribution in [1.29, 1.82) is 0 Å². The molecule has 0 saturated heterocycles. The van der Waals surface area contributed by atoms with E-state index in [0.717, 1.165) is 12.8 Å². The number of carbonyl (C=O) groups is 2. The molecule has 0 radical (unpaired) electrons. The molecule has 1 saturated carbocycles. The van der Waals surface area contributed by atoms with Gasteiger partial charge in [-0.25, -0.2) is 4.63 Å². The number of hydrogen-bond donors (Lipinski definition) is 3. The summed E-state index contributed by atoms with van der Waals surface area (Å²) in [5, 5.41) is 18.4. The van der Waals surface area contributed by atoms with E-state index in [4.69, 9.17) is 5.73 Å². The molecule has 0 aliphatic heterocycles. The second-order valence-electron chi connectivity index (χ2n) is 4.47. The topological polar surface area (TPSA) is 131 Å². The summed E-state index contributed by atoms with van der Waals surface area (Å²) in [6.45, 7) is 0.0630. The highest BCUT2D eigenvalue weighted by molar-refractivity contribution is 5.96. The van der Waals surface area contributed by atoms with E-state index < -0.39 is 17.3 Å². The Bertz CT molecular complexity index is 464. The van der Waals surface area contributed by atoms with Gasteiger partial charge in [0.2, 0.25) is 11.5 Å². The van der Waals surface area contributed by atoms with Crippen LogP contribution in [0.4, 0.5) is 5.82 Å². The molecule has 18 heavy (non-hydrogen) atoms. The van der Waals surface area contributed by atoms with Gasteiger partial charge in [0, 0.05) is 6.54 Å². The standard InChI is InChI=1S/C10H14N4O4/c11-7-6(13-18-14-7)8(15)12-5-10(9(16)17)3-1-2-4-10/h1-5H2,(H2,11,14)(H,12,15)(H,16,17). The second-order valence-corrected chi connectivity index (χ2v) is 4.47. The van der Waals surface area contributed by atoms with Crippen LogP contribution in [0.1, 0.15) is 36.2 Å². The van der Waals surface area contributed by atoms with E-state index in [2.05, 4.69) is 20.3 Å². The number of hydrogen-bond acceptors (Lipinski definition) is 6. The summed E-state index contributed by atoms with van der Waals surface area (Å²) >= 11 is 0. The zero-order valence-corrected chi connectivity index (χ0v) is 9.68. The van der Waals surface area contributed by atoms with Crippen LogP contribution in [0.25, 0.3) is 0 Å². The van der Waals surface area contributed by atoms with Crippen molar-refractivity contribution in [3.05, 3.63) is 5.69 Å². The molecule has 1 aliphatic rings. The fraction of sp³-hybridized carbons (Fsp3) is 0.600. The summed E-state index contributed by atoms with van der Waals surface area (Å²) in [5.74, 6) is -1.56. The number of amides is 1. The Morgan fingerprint density at radius 2 is 2.06 bits per heavy atom. The van der Waals surface area contributed by atoms with Crippen molar-refractivity contribution in [2.75, 3.05) is 12.3 Å². The molecule has 1 aromatic heterocycles. The molecule has 0 spiro atoms. The smallest absolute Gasteiger partial charge is 0.311 e. The molecule has 1 amide bonds. The van der Waals surface area contributed by atoms with Crippen LogP contribution in [0.5, 0.6) is 0 Å². The number of nitrogens with two attached hydrogens (primary N) is 1. The van der Waals surface area contributed by atoms with Crippen molar-refractivity contribution in [3.63, 3.8) is 0 Å². The van der Waals surface area contributed by atoms with E-state index >= 15 is 0 Å². The van der Waals surface area contributed by atoms with Crippen LogP contribution in [0.2, 0.25) is 0 Å². The monoisotopic (exact) mass is 254 g/mol. The molecule has 0 unspecified atom stereocenters. The molecule has 1 aromatic rings. The quantitative estimate of drug-likeness (QED) is 0.690. The molecule has 98 valence electrons. The summed E-state index contributed by atoms with van der Waals surface area (Å²) < 4.78 is 4.31. The van der Waals surface area contributed by atoms with Gasteiger partial charge in [0.25, 0.3) is 5.91 Å². The van der Waals surface area contributed by atoms with Crippen LogP contribution in [0.15, 0.2) is 4.63 Å². The first-order valence-corrected chi connectivity index (χ1v) is 5.65. The zero-order valence-electron chi connectivity index (χ0n) is 9.68. The summed E-state index contributed by atoms with van der Waals surface area (Å²) in [4.78, 5) is 23.0. The number of anilines is 1. The molecule has 1 aliphatic carbocycles. The number of nitrogens with one attached hydrogen (secondary N) is 1. The average Bonchev–Trinajstić information content (AvgIpc) is 2.95. The van der Waals surface area contributed by atoms with Gasteiger partial charge in [0.1, 0.15) is 0 Å². The summed E-state index contributed by atoms with van der Waals surface area (Å²) in [6, 6.07) is 0. The van der Waals surface area contributed by atoms with Crippen LogP contribution < -0.4 is 11.1 Å². The Hall–Kier alpha value is -2.12. The largest absolute Gasteiger partial charge is 0.481 e. The van der Waals surface area contributed by atoms with E-state index in [0.29, 0.717) is 12.8 Å². The van der Waals surface area contributed by atoms with Crippen LogP contribution >= 0.6 is 0 Å². The highest BCUT2D eigenvalue weighted by Crippen LogP contribution is 2.37. The first-order valence-electron chi connectivity index (χ1n) is 5.65. The van der Waals surface area contributed by atoms with Crippen molar-refractivity contribution in [2.24, 2.45) is 5.41 Å². The van der Waals surface area contributed by atoms with Gasteiger partial charge in [-0.1, -0.05) is 12.8 Å². The minimum Gasteiger partial charge on any atom is -0.481 e. The maximum Gasteiger partial charge on any atom is 0.311 e. The summed E-state index contributed by atoms with van der Waals surface area (Å²) in [5.41, 5.74) is 4.38. The summed E-state index contributed by atoms with van der Waals surface area (Å²) in [7, 11) is 0. The van der Waals surface area contributed by atoms with Crippen molar-refractivity contribution in [2.45, 2.75) is 25.7 Å². The lowest BCUT2D eigenvalue weighted by atomic mass is 9.86. The van der Waals surface area contributed by atoms with Gasteiger partial charge in [0.15, 0.2) is 0 Å². The van der Waals surface area contributed by atoms with Gasteiger partial charge in [-0.2, -0.15) is 0 Å². The SMILES string of the molecule is Nc1nonc1C(=O)NCC1(C(=O)O)CCCC1. The van der Waals surface area contributed by atoms with E-state index in [9.17, 15) is 14.7 Å². The fourth-order valence-electron chi connectivity index (χ4n) is 2.20. The average molecular weight is 254 g/mol. The molecular formula is C10H14N4O4. The Balaban J connectivity index is 2.01. The number of carboxylic acid groups (broad SMARTS) is 1. The van der Waals surface area contributed by atoms with Gasteiger partial charge in [0.05, 0.1) is 5.41 Å². The van der Waals surface area contributed by atoms with Crippen LogP contribution in [-0.4, -0.2) is 33.8 Å². The third kappa shape index (κ3) is 2.13. The number of carboxylic acids is 1. The molecule has 0 bridgehead atoms. The molecule has 1 fully saturated rings. The molecule has 8 heteroatoms. The van der Waals surface area contributed by atoms with Crippen molar-refractivity contribution in [1.82, 2.24) is 15.6 Å². The first kappa shape index (κ1) is 12.3. The number of nitrogen functional groups attached to an aromatic ring is 1. The zero-order chi connectivity index (χ0) is 13.2. The molecule has 0 atom stereocenters. The highest BCUT2D eigenvalue weighted by Gasteiger charge is 2.41. The van der Waals surface area contributed by atoms with E-state index in [-0.39, 0.29) is 18.1 Å². The maximum atomic E-state index is 11.7. The predicted molar refractivity (Wildman–Crippen MR) is 59.6 cm³/mol. The number of aromatic nitrogens is 2. The third-order valence-corrected chi connectivity index (χ3v) is 3.33.